The number of halogens is 1. The lowest BCUT2D eigenvalue weighted by Crippen LogP contribution is -2.46. The van der Waals surface area contributed by atoms with E-state index in [0.29, 0.717) is 27.6 Å². The summed E-state index contributed by atoms with van der Waals surface area (Å²) in [5.74, 6) is -0.143. The van der Waals surface area contributed by atoms with E-state index in [1.807, 2.05) is 31.2 Å². The Morgan fingerprint density at radius 1 is 0.974 bits per heavy atom. The molecular formula is C30H26ClN3O5. The molecule has 0 radical (unpaired) electrons. The third-order valence-electron chi connectivity index (χ3n) is 6.40. The van der Waals surface area contributed by atoms with Crippen LogP contribution in [0.4, 0.5) is 10.5 Å². The van der Waals surface area contributed by atoms with Crippen LogP contribution in [0.15, 0.2) is 95.6 Å². The zero-order chi connectivity index (χ0) is 27.4. The molecule has 1 aliphatic rings. The minimum Gasteiger partial charge on any atom is -0.467 e. The first kappa shape index (κ1) is 26.1. The van der Waals surface area contributed by atoms with Crippen LogP contribution in [0.5, 0.6) is 0 Å². The van der Waals surface area contributed by atoms with Crippen molar-refractivity contribution in [3.63, 3.8) is 0 Å². The number of amides is 3. The zero-order valence-electron chi connectivity index (χ0n) is 21.1. The molecule has 5 rings (SSSR count). The molecule has 0 bridgehead atoms. The summed E-state index contributed by atoms with van der Waals surface area (Å²) in [5.41, 5.74) is 3.41. The molecule has 9 heteroatoms. The maximum absolute atomic E-state index is 13.5. The maximum Gasteiger partial charge on any atom is 0.411 e. The quantitative estimate of drug-likeness (QED) is 0.289. The van der Waals surface area contributed by atoms with E-state index in [4.69, 9.17) is 20.8 Å². The van der Waals surface area contributed by atoms with Crippen LogP contribution in [0, 0.1) is 6.92 Å². The van der Waals surface area contributed by atoms with E-state index >= 15 is 0 Å². The average Bonchev–Trinajstić information content (AvgIpc) is 3.57. The van der Waals surface area contributed by atoms with Gasteiger partial charge in [0, 0.05) is 16.3 Å². The average molecular weight is 544 g/mol. The molecule has 1 fully saturated rings. The van der Waals surface area contributed by atoms with Crippen molar-refractivity contribution in [1.29, 1.82) is 0 Å². The molecular weight excluding hydrogens is 518 g/mol. The number of anilines is 1. The first-order valence-corrected chi connectivity index (χ1v) is 12.7. The van der Waals surface area contributed by atoms with Crippen LogP contribution in [0.25, 0.3) is 0 Å². The van der Waals surface area contributed by atoms with Crippen LogP contribution in [-0.4, -0.2) is 28.8 Å². The van der Waals surface area contributed by atoms with Gasteiger partial charge in [-0.15, -0.1) is 0 Å². The van der Waals surface area contributed by atoms with Gasteiger partial charge in [-0.05, 0) is 60.5 Å². The Bertz CT molecular complexity index is 1490. The Morgan fingerprint density at radius 3 is 2.51 bits per heavy atom. The Balaban J connectivity index is 1.40. The molecule has 3 aromatic carbocycles. The highest BCUT2D eigenvalue weighted by molar-refractivity contribution is 6.31. The summed E-state index contributed by atoms with van der Waals surface area (Å²) in [6.07, 6.45) is 0.0222. The summed E-state index contributed by atoms with van der Waals surface area (Å²) in [4.78, 5) is 40.8. The molecule has 0 saturated carbocycles. The predicted octanol–water partition coefficient (Wildman–Crippen LogP) is 5.87. The Hall–Kier alpha value is -4.56. The summed E-state index contributed by atoms with van der Waals surface area (Å²) in [5, 5.41) is 6.15. The lowest BCUT2D eigenvalue weighted by Gasteiger charge is -2.24. The van der Waals surface area contributed by atoms with Crippen LogP contribution in [0.3, 0.4) is 0 Å². The number of rotatable bonds is 8. The fourth-order valence-corrected chi connectivity index (χ4v) is 4.61. The molecule has 3 amide bonds. The van der Waals surface area contributed by atoms with E-state index in [-0.39, 0.29) is 24.9 Å². The van der Waals surface area contributed by atoms with E-state index in [9.17, 15) is 14.4 Å². The van der Waals surface area contributed by atoms with Gasteiger partial charge in [-0.2, -0.15) is 0 Å². The number of furan rings is 1. The summed E-state index contributed by atoms with van der Waals surface area (Å²) < 4.78 is 11.1. The lowest BCUT2D eigenvalue weighted by molar-refractivity contribution is -0.126. The Kier molecular flexibility index (Phi) is 7.65. The third kappa shape index (κ3) is 6.13. The van der Waals surface area contributed by atoms with Crippen LogP contribution < -0.4 is 10.6 Å². The van der Waals surface area contributed by atoms with Crippen LogP contribution in [0.2, 0.25) is 5.02 Å². The number of cyclic esters (lactones) is 1. The normalized spacial score (nSPS) is 16.6. The molecule has 1 saturated heterocycles. The number of carbonyl (C=O) groups excluding carboxylic acids is 3. The summed E-state index contributed by atoms with van der Waals surface area (Å²) in [6, 6.07) is 23.8. The Morgan fingerprint density at radius 2 is 1.77 bits per heavy atom. The van der Waals surface area contributed by atoms with Crippen molar-refractivity contribution in [3.05, 3.63) is 124 Å². The van der Waals surface area contributed by atoms with Gasteiger partial charge < -0.3 is 19.8 Å². The molecule has 2 atom stereocenters. The van der Waals surface area contributed by atoms with Crippen molar-refractivity contribution < 1.29 is 23.5 Å². The van der Waals surface area contributed by atoms with E-state index < -0.39 is 18.2 Å². The van der Waals surface area contributed by atoms with Gasteiger partial charge in [0.25, 0.3) is 5.91 Å². The molecule has 8 nitrogen and oxygen atoms in total. The third-order valence-corrected chi connectivity index (χ3v) is 6.64. The second kappa shape index (κ2) is 11.4. The smallest absolute Gasteiger partial charge is 0.411 e. The number of carbonyl (C=O) groups is 3. The van der Waals surface area contributed by atoms with Gasteiger partial charge in [0.1, 0.15) is 5.76 Å². The highest BCUT2D eigenvalue weighted by Crippen LogP contribution is 2.35. The molecule has 2 heterocycles. The topological polar surface area (TPSA) is 101 Å². The molecule has 0 aliphatic carbocycles. The van der Waals surface area contributed by atoms with Crippen LogP contribution >= 0.6 is 11.6 Å². The highest BCUT2D eigenvalue weighted by atomic mass is 35.5. The number of hydrogen-bond acceptors (Lipinski definition) is 5. The standard InChI is InChI=1S/C30H26ClN3O5/c1-19-10-12-20(13-11-19)18-34-26(29(36)32-17-25-9-4-14-38-25)27(39-30(34)37)21-5-3-8-24(16-21)33-28(35)22-6-2-7-23(31)15-22/h2-16,26-27H,17-18H2,1H3,(H,32,36)(H,33,35). The van der Waals surface area contributed by atoms with Crippen molar-refractivity contribution >= 4 is 35.2 Å². The van der Waals surface area contributed by atoms with Gasteiger partial charge in [-0.25, -0.2) is 4.79 Å². The zero-order valence-corrected chi connectivity index (χ0v) is 21.9. The van der Waals surface area contributed by atoms with E-state index in [0.717, 1.165) is 11.1 Å². The highest BCUT2D eigenvalue weighted by Gasteiger charge is 2.47. The van der Waals surface area contributed by atoms with Gasteiger partial charge in [0.15, 0.2) is 12.1 Å². The number of hydrogen-bond donors (Lipinski definition) is 2. The fraction of sp³-hybridized carbons (Fsp3) is 0.167. The van der Waals surface area contributed by atoms with Crippen LogP contribution in [0.1, 0.15) is 38.9 Å². The first-order valence-electron chi connectivity index (χ1n) is 12.4. The summed E-state index contributed by atoms with van der Waals surface area (Å²) in [7, 11) is 0. The van der Waals surface area contributed by atoms with Gasteiger partial charge in [0.05, 0.1) is 19.4 Å². The molecule has 2 N–H and O–H groups in total. The molecule has 0 spiro atoms. The van der Waals surface area contributed by atoms with Crippen LogP contribution in [-0.2, 0) is 22.6 Å². The number of nitrogens with zero attached hydrogens (tertiary/aromatic N) is 1. The summed E-state index contributed by atoms with van der Waals surface area (Å²) in [6.45, 7) is 2.34. The first-order chi connectivity index (χ1) is 18.9. The maximum atomic E-state index is 13.5. The fourth-order valence-electron chi connectivity index (χ4n) is 4.42. The van der Waals surface area contributed by atoms with Crippen molar-refractivity contribution in [2.45, 2.75) is 32.2 Å². The minimum atomic E-state index is -0.951. The number of benzene rings is 3. The van der Waals surface area contributed by atoms with Crippen molar-refractivity contribution in [1.82, 2.24) is 10.2 Å². The summed E-state index contributed by atoms with van der Waals surface area (Å²) >= 11 is 6.02. The van der Waals surface area contributed by atoms with Crippen molar-refractivity contribution in [2.75, 3.05) is 5.32 Å². The second-order valence-corrected chi connectivity index (χ2v) is 9.69. The largest absolute Gasteiger partial charge is 0.467 e. The molecule has 1 aliphatic heterocycles. The van der Waals surface area contributed by atoms with Crippen molar-refractivity contribution in [3.8, 4) is 0 Å². The molecule has 1 aromatic heterocycles. The van der Waals surface area contributed by atoms with Crippen molar-refractivity contribution in [2.24, 2.45) is 0 Å². The van der Waals surface area contributed by atoms with Gasteiger partial charge in [-0.1, -0.05) is 59.6 Å². The van der Waals surface area contributed by atoms with E-state index in [1.165, 1.54) is 11.2 Å². The monoisotopic (exact) mass is 543 g/mol. The molecule has 198 valence electrons. The van der Waals surface area contributed by atoms with Gasteiger partial charge in [0.2, 0.25) is 5.91 Å². The van der Waals surface area contributed by atoms with Gasteiger partial charge >= 0.3 is 6.09 Å². The van der Waals surface area contributed by atoms with Gasteiger partial charge in [-0.3, -0.25) is 14.5 Å². The Labute approximate surface area is 230 Å². The molecule has 39 heavy (non-hydrogen) atoms. The number of nitrogens with one attached hydrogen (secondary N) is 2. The second-order valence-electron chi connectivity index (χ2n) is 9.25. The van der Waals surface area contributed by atoms with E-state index in [2.05, 4.69) is 10.6 Å². The number of ether oxygens (including phenoxy) is 1. The molecule has 4 aromatic rings. The molecule has 2 unspecified atom stereocenters. The van der Waals surface area contributed by atoms with E-state index in [1.54, 1.807) is 60.7 Å². The predicted molar refractivity (Wildman–Crippen MR) is 146 cm³/mol. The minimum absolute atomic E-state index is 0.164. The lowest BCUT2D eigenvalue weighted by atomic mass is 10.00. The number of aryl methyl sites for hydroxylation is 1. The SMILES string of the molecule is Cc1ccc(CN2C(=O)OC(c3cccc(NC(=O)c4cccc(Cl)c4)c3)C2C(=O)NCc2ccco2)cc1.